The van der Waals surface area contributed by atoms with Crippen molar-refractivity contribution >= 4 is 0 Å². The molecule has 0 radical (unpaired) electrons. The minimum atomic E-state index is -1.74. The van der Waals surface area contributed by atoms with Crippen LogP contribution in [0.15, 0.2) is 84.5 Å². The molecule has 0 bridgehead atoms. The van der Waals surface area contributed by atoms with Crippen molar-refractivity contribution in [3.63, 3.8) is 0 Å². The molecule has 0 spiro atoms. The van der Waals surface area contributed by atoms with Crippen LogP contribution in [0.4, 0.5) is 0 Å². The molecule has 0 saturated carbocycles. The predicted octanol–water partition coefficient (Wildman–Crippen LogP) is 3.95. The van der Waals surface area contributed by atoms with Crippen molar-refractivity contribution in [2.45, 2.75) is 31.0 Å². The van der Waals surface area contributed by atoms with E-state index in [2.05, 4.69) is 55.5 Å². The molecular weight excluding hydrogens is 284 g/mol. The van der Waals surface area contributed by atoms with Crippen LogP contribution in [0.3, 0.4) is 0 Å². The standard InChI is InChI=1S/C21H22O2/c1-2-21(17-9-5-3-6-10-17,18-11-7-4-8-12-18)19-13-15-20(22,23)16-14-19/h3-15,22-23H,2,16H2,1H3. The van der Waals surface area contributed by atoms with E-state index in [1.165, 1.54) is 17.2 Å². The van der Waals surface area contributed by atoms with Crippen LogP contribution >= 0.6 is 0 Å². The van der Waals surface area contributed by atoms with Gasteiger partial charge >= 0.3 is 0 Å². The molecule has 0 aromatic heterocycles. The predicted molar refractivity (Wildman–Crippen MR) is 93.0 cm³/mol. The lowest BCUT2D eigenvalue weighted by atomic mass is 9.66. The Morgan fingerprint density at radius 1 is 0.913 bits per heavy atom. The number of hydrogen-bond donors (Lipinski definition) is 2. The average Bonchev–Trinajstić information content (AvgIpc) is 2.59. The van der Waals surface area contributed by atoms with Gasteiger partial charge in [-0.1, -0.05) is 79.7 Å². The molecule has 0 atom stereocenters. The van der Waals surface area contributed by atoms with Crippen molar-refractivity contribution in [3.8, 4) is 0 Å². The van der Waals surface area contributed by atoms with E-state index in [1.54, 1.807) is 0 Å². The molecule has 23 heavy (non-hydrogen) atoms. The average molecular weight is 306 g/mol. The van der Waals surface area contributed by atoms with Crippen LogP contribution in [-0.2, 0) is 5.41 Å². The summed E-state index contributed by atoms with van der Waals surface area (Å²) in [5.74, 6) is -1.74. The molecule has 118 valence electrons. The Morgan fingerprint density at radius 2 is 1.43 bits per heavy atom. The fourth-order valence-electron chi connectivity index (χ4n) is 3.49. The molecule has 0 amide bonds. The molecule has 2 heteroatoms. The van der Waals surface area contributed by atoms with Crippen LogP contribution in [0.2, 0.25) is 0 Å². The number of benzene rings is 2. The van der Waals surface area contributed by atoms with Gasteiger partial charge in [-0.25, -0.2) is 0 Å². The van der Waals surface area contributed by atoms with Crippen LogP contribution < -0.4 is 0 Å². The second-order valence-electron chi connectivity index (χ2n) is 6.07. The highest BCUT2D eigenvalue weighted by Crippen LogP contribution is 2.44. The Balaban J connectivity index is 2.19. The van der Waals surface area contributed by atoms with Gasteiger partial charge in [0.1, 0.15) is 0 Å². The molecule has 2 N–H and O–H groups in total. The lowest BCUT2D eigenvalue weighted by Gasteiger charge is -2.38. The minimum Gasteiger partial charge on any atom is -0.362 e. The summed E-state index contributed by atoms with van der Waals surface area (Å²) in [7, 11) is 0. The van der Waals surface area contributed by atoms with E-state index in [9.17, 15) is 10.2 Å². The summed E-state index contributed by atoms with van der Waals surface area (Å²) in [6, 6.07) is 20.8. The molecule has 0 unspecified atom stereocenters. The smallest absolute Gasteiger partial charge is 0.186 e. The van der Waals surface area contributed by atoms with E-state index in [0.29, 0.717) is 0 Å². The maximum Gasteiger partial charge on any atom is 0.186 e. The third-order valence-electron chi connectivity index (χ3n) is 4.71. The summed E-state index contributed by atoms with van der Waals surface area (Å²) < 4.78 is 0. The summed E-state index contributed by atoms with van der Waals surface area (Å²) in [6.45, 7) is 2.18. The van der Waals surface area contributed by atoms with Crippen molar-refractivity contribution in [2.75, 3.05) is 0 Å². The van der Waals surface area contributed by atoms with Gasteiger partial charge < -0.3 is 10.2 Å². The quantitative estimate of drug-likeness (QED) is 0.840. The van der Waals surface area contributed by atoms with Crippen molar-refractivity contribution in [1.29, 1.82) is 0 Å². The fraction of sp³-hybridized carbons (Fsp3) is 0.238. The van der Waals surface area contributed by atoms with Gasteiger partial charge in [0, 0.05) is 11.8 Å². The largest absolute Gasteiger partial charge is 0.362 e. The van der Waals surface area contributed by atoms with Gasteiger partial charge in [-0.2, -0.15) is 0 Å². The summed E-state index contributed by atoms with van der Waals surface area (Å²) in [5.41, 5.74) is 3.26. The topological polar surface area (TPSA) is 40.5 Å². The maximum absolute atomic E-state index is 9.80. The molecular formula is C21H22O2. The SMILES string of the molecule is CCC(C1=CCC(O)(O)C=C1)(c1ccccc1)c1ccccc1. The zero-order chi connectivity index (χ0) is 16.3. The first-order valence-corrected chi connectivity index (χ1v) is 8.04. The van der Waals surface area contributed by atoms with Crippen LogP contribution in [-0.4, -0.2) is 16.0 Å². The molecule has 1 aliphatic rings. The molecule has 2 aromatic rings. The van der Waals surface area contributed by atoms with Gasteiger partial charge in [0.05, 0.1) is 0 Å². The molecule has 3 rings (SSSR count). The van der Waals surface area contributed by atoms with Gasteiger partial charge in [-0.05, 0) is 29.2 Å². The lowest BCUT2D eigenvalue weighted by Crippen LogP contribution is -2.33. The highest BCUT2D eigenvalue weighted by Gasteiger charge is 2.37. The Bertz CT molecular complexity index is 673. The fourth-order valence-corrected chi connectivity index (χ4v) is 3.49. The number of allylic oxidation sites excluding steroid dienone is 2. The highest BCUT2D eigenvalue weighted by atomic mass is 16.5. The van der Waals surface area contributed by atoms with Crippen molar-refractivity contribution in [3.05, 3.63) is 95.6 Å². The van der Waals surface area contributed by atoms with Gasteiger partial charge in [-0.3, -0.25) is 0 Å². The Hall–Kier alpha value is -2.16. The van der Waals surface area contributed by atoms with Crippen LogP contribution in [0.25, 0.3) is 0 Å². The van der Waals surface area contributed by atoms with E-state index in [-0.39, 0.29) is 11.8 Å². The van der Waals surface area contributed by atoms with Crippen molar-refractivity contribution in [1.82, 2.24) is 0 Å². The first kappa shape index (κ1) is 15.7. The molecule has 0 fully saturated rings. The number of aliphatic hydroxyl groups is 2. The molecule has 0 aliphatic heterocycles. The maximum atomic E-state index is 9.80. The Morgan fingerprint density at radius 3 is 1.83 bits per heavy atom. The van der Waals surface area contributed by atoms with E-state index in [0.717, 1.165) is 12.0 Å². The van der Waals surface area contributed by atoms with Gasteiger partial charge in [-0.15, -0.1) is 0 Å². The van der Waals surface area contributed by atoms with E-state index in [4.69, 9.17) is 0 Å². The second-order valence-corrected chi connectivity index (χ2v) is 6.07. The summed E-state index contributed by atoms with van der Waals surface area (Å²) in [5, 5.41) is 19.6. The zero-order valence-electron chi connectivity index (χ0n) is 13.3. The summed E-state index contributed by atoms with van der Waals surface area (Å²) in [4.78, 5) is 0. The first-order chi connectivity index (χ1) is 11.1. The third-order valence-corrected chi connectivity index (χ3v) is 4.71. The zero-order valence-corrected chi connectivity index (χ0v) is 13.3. The van der Waals surface area contributed by atoms with Crippen molar-refractivity contribution < 1.29 is 10.2 Å². The van der Waals surface area contributed by atoms with Gasteiger partial charge in [0.25, 0.3) is 0 Å². The van der Waals surface area contributed by atoms with Gasteiger partial charge in [0.15, 0.2) is 5.79 Å². The number of rotatable bonds is 4. The Labute approximate surface area is 137 Å². The lowest BCUT2D eigenvalue weighted by molar-refractivity contribution is -0.115. The minimum absolute atomic E-state index is 0.209. The second kappa shape index (κ2) is 6.15. The molecule has 0 heterocycles. The molecule has 1 aliphatic carbocycles. The van der Waals surface area contributed by atoms with Crippen LogP contribution in [0, 0.1) is 0 Å². The first-order valence-electron chi connectivity index (χ1n) is 8.04. The van der Waals surface area contributed by atoms with E-state index >= 15 is 0 Å². The molecule has 0 saturated heterocycles. The van der Waals surface area contributed by atoms with Crippen LogP contribution in [0.5, 0.6) is 0 Å². The van der Waals surface area contributed by atoms with E-state index in [1.807, 2.05) is 24.3 Å². The number of hydrogen-bond acceptors (Lipinski definition) is 2. The summed E-state index contributed by atoms with van der Waals surface area (Å²) >= 11 is 0. The van der Waals surface area contributed by atoms with Gasteiger partial charge in [0.2, 0.25) is 0 Å². The summed E-state index contributed by atoms with van der Waals surface area (Å²) in [6.07, 6.45) is 6.39. The normalized spacial score (nSPS) is 16.9. The highest BCUT2D eigenvalue weighted by molar-refractivity contribution is 5.53. The van der Waals surface area contributed by atoms with E-state index < -0.39 is 5.79 Å². The monoisotopic (exact) mass is 306 g/mol. The Kier molecular flexibility index (Phi) is 4.20. The molecule has 2 nitrogen and oxygen atoms in total. The molecule has 2 aromatic carbocycles. The third kappa shape index (κ3) is 2.88. The van der Waals surface area contributed by atoms with Crippen molar-refractivity contribution in [2.24, 2.45) is 0 Å². The van der Waals surface area contributed by atoms with Crippen LogP contribution in [0.1, 0.15) is 30.9 Å².